The number of carboxylic acid groups (broad SMARTS) is 1. The zero-order chi connectivity index (χ0) is 12.3. The Labute approximate surface area is 95.1 Å². The number of carbonyl (C=O) groups excluding carboxylic acids is 1. The van der Waals surface area contributed by atoms with Crippen molar-refractivity contribution >= 4 is 11.8 Å². The standard InChI is InChI=1S/C13H16O3/c1-9-5-4-6-10(7-9)13(2,3)11(14)8-12(15)16/h4-7H,8H2,1-3H3,(H,15,16). The van der Waals surface area contributed by atoms with E-state index in [0.29, 0.717) is 0 Å². The van der Waals surface area contributed by atoms with Crippen LogP contribution < -0.4 is 0 Å². The highest BCUT2D eigenvalue weighted by Gasteiger charge is 2.30. The Morgan fingerprint density at radius 3 is 2.44 bits per heavy atom. The van der Waals surface area contributed by atoms with Gasteiger partial charge >= 0.3 is 5.97 Å². The average molecular weight is 220 g/mol. The number of benzene rings is 1. The number of aliphatic carboxylic acids is 1. The molecular formula is C13H16O3. The molecule has 1 aromatic rings. The smallest absolute Gasteiger partial charge is 0.310 e. The van der Waals surface area contributed by atoms with Crippen molar-refractivity contribution in [2.45, 2.75) is 32.6 Å². The lowest BCUT2D eigenvalue weighted by Gasteiger charge is -2.23. The van der Waals surface area contributed by atoms with E-state index in [9.17, 15) is 9.59 Å². The largest absolute Gasteiger partial charge is 0.481 e. The molecule has 1 rings (SSSR count). The van der Waals surface area contributed by atoms with Gasteiger partial charge in [-0.05, 0) is 26.3 Å². The summed E-state index contributed by atoms with van der Waals surface area (Å²) in [7, 11) is 0. The molecule has 0 aliphatic rings. The molecule has 3 nitrogen and oxygen atoms in total. The molecule has 0 aliphatic carbocycles. The Bertz CT molecular complexity index is 419. The number of hydrogen-bond acceptors (Lipinski definition) is 2. The summed E-state index contributed by atoms with van der Waals surface area (Å²) in [5.74, 6) is -1.35. The summed E-state index contributed by atoms with van der Waals surface area (Å²) >= 11 is 0. The molecule has 0 fully saturated rings. The van der Waals surface area contributed by atoms with Crippen molar-refractivity contribution < 1.29 is 14.7 Å². The van der Waals surface area contributed by atoms with Crippen molar-refractivity contribution in [3.05, 3.63) is 35.4 Å². The molecule has 0 saturated heterocycles. The molecule has 1 N–H and O–H groups in total. The number of Topliss-reactive ketones (excluding diaryl/α,β-unsaturated/α-hetero) is 1. The highest BCUT2D eigenvalue weighted by Crippen LogP contribution is 2.26. The lowest BCUT2D eigenvalue weighted by atomic mass is 9.79. The van der Waals surface area contributed by atoms with Crippen molar-refractivity contribution in [3.63, 3.8) is 0 Å². The quantitative estimate of drug-likeness (QED) is 0.792. The van der Waals surface area contributed by atoms with E-state index in [1.165, 1.54) is 0 Å². The van der Waals surface area contributed by atoms with Crippen LogP contribution in [0.2, 0.25) is 0 Å². The second-order valence-corrected chi connectivity index (χ2v) is 4.49. The van der Waals surface area contributed by atoms with Gasteiger partial charge in [0.25, 0.3) is 0 Å². The molecule has 0 heterocycles. The second kappa shape index (κ2) is 4.47. The molecule has 0 amide bonds. The Hall–Kier alpha value is -1.64. The van der Waals surface area contributed by atoms with Crippen LogP contribution in [-0.4, -0.2) is 16.9 Å². The minimum Gasteiger partial charge on any atom is -0.481 e. The van der Waals surface area contributed by atoms with Gasteiger partial charge in [0.2, 0.25) is 0 Å². The number of ketones is 1. The predicted octanol–water partition coefficient (Wildman–Crippen LogP) is 2.32. The monoisotopic (exact) mass is 220 g/mol. The van der Waals surface area contributed by atoms with Crippen LogP contribution in [-0.2, 0) is 15.0 Å². The molecule has 0 radical (unpaired) electrons. The van der Waals surface area contributed by atoms with E-state index in [4.69, 9.17) is 5.11 Å². The number of carboxylic acids is 1. The van der Waals surface area contributed by atoms with Crippen molar-refractivity contribution in [2.75, 3.05) is 0 Å². The second-order valence-electron chi connectivity index (χ2n) is 4.49. The van der Waals surface area contributed by atoms with E-state index < -0.39 is 17.8 Å². The zero-order valence-corrected chi connectivity index (χ0v) is 9.78. The van der Waals surface area contributed by atoms with Gasteiger partial charge in [0.1, 0.15) is 6.42 Å². The summed E-state index contributed by atoms with van der Waals surface area (Å²) in [6, 6.07) is 7.59. The number of rotatable bonds is 4. The molecule has 0 unspecified atom stereocenters. The van der Waals surface area contributed by atoms with E-state index >= 15 is 0 Å². The zero-order valence-electron chi connectivity index (χ0n) is 9.78. The van der Waals surface area contributed by atoms with Gasteiger partial charge in [-0.2, -0.15) is 0 Å². The number of aryl methyl sites for hydroxylation is 1. The van der Waals surface area contributed by atoms with Gasteiger partial charge in [0.05, 0.1) is 0 Å². The van der Waals surface area contributed by atoms with E-state index in [1.54, 1.807) is 13.8 Å². The minimum atomic E-state index is -1.08. The third kappa shape index (κ3) is 2.69. The Morgan fingerprint density at radius 1 is 1.31 bits per heavy atom. The maximum atomic E-state index is 11.8. The van der Waals surface area contributed by atoms with Crippen LogP contribution >= 0.6 is 0 Å². The molecule has 16 heavy (non-hydrogen) atoms. The topological polar surface area (TPSA) is 54.4 Å². The predicted molar refractivity (Wildman–Crippen MR) is 61.5 cm³/mol. The van der Waals surface area contributed by atoms with Crippen LogP contribution in [0, 0.1) is 6.92 Å². The van der Waals surface area contributed by atoms with Crippen molar-refractivity contribution in [2.24, 2.45) is 0 Å². The summed E-state index contributed by atoms with van der Waals surface area (Å²) in [4.78, 5) is 22.3. The van der Waals surface area contributed by atoms with Crippen molar-refractivity contribution in [1.29, 1.82) is 0 Å². The van der Waals surface area contributed by atoms with E-state index in [0.717, 1.165) is 11.1 Å². The van der Waals surface area contributed by atoms with E-state index in [-0.39, 0.29) is 5.78 Å². The van der Waals surface area contributed by atoms with Crippen LogP contribution in [0.1, 0.15) is 31.4 Å². The third-order valence-electron chi connectivity index (χ3n) is 2.75. The molecule has 0 saturated carbocycles. The summed E-state index contributed by atoms with van der Waals surface area (Å²) in [5, 5.41) is 8.63. The van der Waals surface area contributed by atoms with E-state index in [2.05, 4.69) is 0 Å². The molecule has 3 heteroatoms. The molecule has 1 aromatic carbocycles. The SMILES string of the molecule is Cc1cccc(C(C)(C)C(=O)CC(=O)O)c1. The van der Waals surface area contributed by atoms with Gasteiger partial charge in [-0.1, -0.05) is 29.8 Å². The first-order valence-electron chi connectivity index (χ1n) is 5.16. The Morgan fingerprint density at radius 2 is 1.94 bits per heavy atom. The van der Waals surface area contributed by atoms with Gasteiger partial charge in [-0.15, -0.1) is 0 Å². The molecular weight excluding hydrogens is 204 g/mol. The number of carbonyl (C=O) groups is 2. The maximum Gasteiger partial charge on any atom is 0.310 e. The Kier molecular flexibility index (Phi) is 3.48. The first kappa shape index (κ1) is 12.4. The van der Waals surface area contributed by atoms with Gasteiger partial charge in [-0.25, -0.2) is 0 Å². The fourth-order valence-electron chi connectivity index (χ4n) is 1.55. The average Bonchev–Trinajstić information content (AvgIpc) is 2.16. The van der Waals surface area contributed by atoms with Crippen LogP contribution in [0.25, 0.3) is 0 Å². The molecule has 0 aliphatic heterocycles. The first-order valence-corrected chi connectivity index (χ1v) is 5.16. The lowest BCUT2D eigenvalue weighted by Crippen LogP contribution is -2.30. The maximum absolute atomic E-state index is 11.8. The molecule has 0 atom stereocenters. The lowest BCUT2D eigenvalue weighted by molar-refractivity contribution is -0.141. The van der Waals surface area contributed by atoms with Gasteiger partial charge in [0, 0.05) is 5.41 Å². The fraction of sp³-hybridized carbons (Fsp3) is 0.385. The van der Waals surface area contributed by atoms with Gasteiger partial charge < -0.3 is 5.11 Å². The van der Waals surface area contributed by atoms with Gasteiger partial charge in [0.15, 0.2) is 5.78 Å². The number of hydrogen-bond donors (Lipinski definition) is 1. The molecule has 0 spiro atoms. The van der Waals surface area contributed by atoms with Crippen LogP contribution in [0.4, 0.5) is 0 Å². The van der Waals surface area contributed by atoms with E-state index in [1.807, 2.05) is 31.2 Å². The van der Waals surface area contributed by atoms with Crippen LogP contribution in [0.15, 0.2) is 24.3 Å². The van der Waals surface area contributed by atoms with Gasteiger partial charge in [-0.3, -0.25) is 9.59 Å². The van der Waals surface area contributed by atoms with Crippen LogP contribution in [0.5, 0.6) is 0 Å². The summed E-state index contributed by atoms with van der Waals surface area (Å²) < 4.78 is 0. The van der Waals surface area contributed by atoms with Crippen molar-refractivity contribution in [1.82, 2.24) is 0 Å². The minimum absolute atomic E-state index is 0.273. The molecule has 0 aromatic heterocycles. The summed E-state index contributed by atoms with van der Waals surface area (Å²) in [6.45, 7) is 5.46. The van der Waals surface area contributed by atoms with Crippen LogP contribution in [0.3, 0.4) is 0 Å². The summed E-state index contributed by atoms with van der Waals surface area (Å²) in [6.07, 6.45) is -0.430. The highest BCUT2D eigenvalue weighted by atomic mass is 16.4. The molecule has 86 valence electrons. The highest BCUT2D eigenvalue weighted by molar-refractivity contribution is 6.00. The Balaban J connectivity index is 3.01. The molecule has 0 bridgehead atoms. The normalized spacial score (nSPS) is 11.2. The first-order chi connectivity index (χ1) is 7.34. The fourth-order valence-corrected chi connectivity index (χ4v) is 1.55. The third-order valence-corrected chi connectivity index (χ3v) is 2.75. The van der Waals surface area contributed by atoms with Crippen molar-refractivity contribution in [3.8, 4) is 0 Å². The summed E-state index contributed by atoms with van der Waals surface area (Å²) in [5.41, 5.74) is 1.18.